The Kier molecular flexibility index (Phi) is 4.36. The molecule has 7 heteroatoms. The first-order chi connectivity index (χ1) is 9.55. The van der Waals surface area contributed by atoms with Gasteiger partial charge in [-0.3, -0.25) is 0 Å². The number of aromatic nitrogens is 4. The van der Waals surface area contributed by atoms with Crippen molar-refractivity contribution in [3.8, 4) is 11.4 Å². The monoisotopic (exact) mass is 386 g/mol. The number of carbonyl (C=O) groups is 1. The van der Waals surface area contributed by atoms with Crippen LogP contribution in [0.2, 0.25) is 0 Å². The molecular formula is C13H15IN4O2. The summed E-state index contributed by atoms with van der Waals surface area (Å²) in [7, 11) is 0. The lowest BCUT2D eigenvalue weighted by atomic mass is 9.93. The van der Waals surface area contributed by atoms with E-state index in [-0.39, 0.29) is 0 Å². The summed E-state index contributed by atoms with van der Waals surface area (Å²) in [4.78, 5) is 11.7. The van der Waals surface area contributed by atoms with E-state index < -0.39 is 11.5 Å². The summed E-state index contributed by atoms with van der Waals surface area (Å²) in [6.07, 6.45) is 0.835. The van der Waals surface area contributed by atoms with Crippen LogP contribution in [0.3, 0.4) is 0 Å². The molecule has 0 aliphatic heterocycles. The van der Waals surface area contributed by atoms with Crippen molar-refractivity contribution in [3.63, 3.8) is 0 Å². The number of halogens is 1. The summed E-state index contributed by atoms with van der Waals surface area (Å²) in [6.45, 7) is 3.66. The molecule has 0 saturated carbocycles. The topological polar surface area (TPSA) is 80.9 Å². The van der Waals surface area contributed by atoms with Gasteiger partial charge in [0.25, 0.3) is 0 Å². The Hall–Kier alpha value is -1.51. The first-order valence-electron chi connectivity index (χ1n) is 6.33. The van der Waals surface area contributed by atoms with Gasteiger partial charge < -0.3 is 5.11 Å². The number of benzene rings is 1. The van der Waals surface area contributed by atoms with Crippen molar-refractivity contribution in [1.29, 1.82) is 0 Å². The van der Waals surface area contributed by atoms with Crippen molar-refractivity contribution in [2.45, 2.75) is 32.2 Å². The average Bonchev–Trinajstić information content (AvgIpc) is 2.90. The predicted molar refractivity (Wildman–Crippen MR) is 82.2 cm³/mol. The molecule has 1 aromatic carbocycles. The highest BCUT2D eigenvalue weighted by Gasteiger charge is 2.40. The molecule has 0 atom stereocenters. The number of hydrogen-bond acceptors (Lipinski definition) is 4. The minimum Gasteiger partial charge on any atom is -0.479 e. The van der Waals surface area contributed by atoms with Crippen LogP contribution in [0.25, 0.3) is 11.4 Å². The SMILES string of the molecule is CCC(CC)(C(=O)O)n1nnnc1-c1cccc(I)c1. The van der Waals surface area contributed by atoms with Gasteiger partial charge in [-0.2, -0.15) is 0 Å². The Balaban J connectivity index is 2.60. The Morgan fingerprint density at radius 3 is 2.65 bits per heavy atom. The fourth-order valence-electron chi connectivity index (χ4n) is 2.23. The number of hydrogen-bond donors (Lipinski definition) is 1. The molecule has 20 heavy (non-hydrogen) atoms. The largest absolute Gasteiger partial charge is 0.479 e. The van der Waals surface area contributed by atoms with Crippen LogP contribution in [0.4, 0.5) is 0 Å². The van der Waals surface area contributed by atoms with Crippen LogP contribution in [-0.2, 0) is 10.3 Å². The average molecular weight is 386 g/mol. The molecule has 0 saturated heterocycles. The second-order valence-corrected chi connectivity index (χ2v) is 5.71. The normalized spacial score (nSPS) is 11.6. The second-order valence-electron chi connectivity index (χ2n) is 4.47. The zero-order valence-corrected chi connectivity index (χ0v) is 13.4. The van der Waals surface area contributed by atoms with Gasteiger partial charge in [0.15, 0.2) is 11.4 Å². The fourth-order valence-corrected chi connectivity index (χ4v) is 2.77. The third-order valence-corrected chi connectivity index (χ3v) is 4.20. The zero-order chi connectivity index (χ0) is 14.8. The van der Waals surface area contributed by atoms with E-state index in [2.05, 4.69) is 38.1 Å². The molecule has 1 aromatic heterocycles. The molecule has 0 unspecified atom stereocenters. The lowest BCUT2D eigenvalue weighted by Crippen LogP contribution is -2.42. The lowest BCUT2D eigenvalue weighted by molar-refractivity contribution is -0.148. The second kappa shape index (κ2) is 5.86. The van der Waals surface area contributed by atoms with Crippen LogP contribution in [0.15, 0.2) is 24.3 Å². The van der Waals surface area contributed by atoms with E-state index in [9.17, 15) is 9.90 Å². The van der Waals surface area contributed by atoms with Crippen molar-refractivity contribution in [2.24, 2.45) is 0 Å². The van der Waals surface area contributed by atoms with Gasteiger partial charge in [0, 0.05) is 9.13 Å². The van der Waals surface area contributed by atoms with Crippen LogP contribution in [0.1, 0.15) is 26.7 Å². The standard InChI is InChI=1S/C13H15IN4O2/c1-3-13(4-2,12(19)20)18-11(15-16-17-18)9-6-5-7-10(14)8-9/h5-8H,3-4H2,1-2H3,(H,19,20). The van der Waals surface area contributed by atoms with Crippen LogP contribution >= 0.6 is 22.6 Å². The van der Waals surface area contributed by atoms with E-state index in [1.54, 1.807) is 0 Å². The van der Waals surface area contributed by atoms with Gasteiger partial charge in [-0.25, -0.2) is 9.48 Å². The molecule has 6 nitrogen and oxygen atoms in total. The Morgan fingerprint density at radius 2 is 2.10 bits per heavy atom. The molecule has 1 heterocycles. The maximum absolute atomic E-state index is 11.7. The predicted octanol–water partition coefficient (Wildman–Crippen LogP) is 2.54. The van der Waals surface area contributed by atoms with E-state index in [0.29, 0.717) is 18.7 Å². The summed E-state index contributed by atoms with van der Waals surface area (Å²) >= 11 is 2.20. The summed E-state index contributed by atoms with van der Waals surface area (Å²) in [5.41, 5.74) is -0.297. The van der Waals surface area contributed by atoms with Gasteiger partial charge in [-0.1, -0.05) is 26.0 Å². The number of nitrogens with zero attached hydrogens (tertiary/aromatic N) is 4. The van der Waals surface area contributed by atoms with Crippen LogP contribution < -0.4 is 0 Å². The highest BCUT2D eigenvalue weighted by molar-refractivity contribution is 14.1. The highest BCUT2D eigenvalue weighted by atomic mass is 127. The van der Waals surface area contributed by atoms with Gasteiger partial charge in [0.2, 0.25) is 0 Å². The maximum Gasteiger partial charge on any atom is 0.331 e. The third kappa shape index (κ3) is 2.41. The van der Waals surface area contributed by atoms with Crippen molar-refractivity contribution < 1.29 is 9.90 Å². The van der Waals surface area contributed by atoms with Crippen LogP contribution in [-0.4, -0.2) is 31.3 Å². The summed E-state index contributed by atoms with van der Waals surface area (Å²) in [5.74, 6) is -0.434. The van der Waals surface area contributed by atoms with Crippen molar-refractivity contribution in [3.05, 3.63) is 27.8 Å². The molecule has 0 aliphatic rings. The molecule has 0 spiro atoms. The third-order valence-electron chi connectivity index (χ3n) is 3.53. The molecular weight excluding hydrogens is 371 g/mol. The number of rotatable bonds is 5. The van der Waals surface area contributed by atoms with Crippen molar-refractivity contribution >= 4 is 28.6 Å². The number of carboxylic acids is 1. The first-order valence-corrected chi connectivity index (χ1v) is 7.41. The smallest absolute Gasteiger partial charge is 0.331 e. The highest BCUT2D eigenvalue weighted by Crippen LogP contribution is 2.29. The molecule has 2 rings (SSSR count). The van der Waals surface area contributed by atoms with Gasteiger partial charge in [0.1, 0.15) is 0 Å². The van der Waals surface area contributed by atoms with Gasteiger partial charge in [0.05, 0.1) is 0 Å². The van der Waals surface area contributed by atoms with Gasteiger partial charge in [-0.05, 0) is 58.0 Å². The molecule has 0 fully saturated rings. The van der Waals surface area contributed by atoms with Gasteiger partial charge >= 0.3 is 5.97 Å². The minimum absolute atomic E-state index is 0.417. The molecule has 106 valence electrons. The van der Waals surface area contributed by atoms with Gasteiger partial charge in [-0.15, -0.1) is 5.10 Å². The summed E-state index contributed by atoms with van der Waals surface area (Å²) in [5, 5.41) is 21.2. The molecule has 2 aromatic rings. The van der Waals surface area contributed by atoms with Crippen LogP contribution in [0.5, 0.6) is 0 Å². The Morgan fingerprint density at radius 1 is 1.40 bits per heavy atom. The van der Waals surface area contributed by atoms with Crippen molar-refractivity contribution in [2.75, 3.05) is 0 Å². The van der Waals surface area contributed by atoms with E-state index in [0.717, 1.165) is 9.13 Å². The fraction of sp³-hybridized carbons (Fsp3) is 0.385. The van der Waals surface area contributed by atoms with Crippen LogP contribution in [0, 0.1) is 3.57 Å². The number of aliphatic carboxylic acids is 1. The molecule has 0 radical (unpaired) electrons. The lowest BCUT2D eigenvalue weighted by Gasteiger charge is -2.27. The Labute approximate surface area is 130 Å². The number of tetrazole rings is 1. The zero-order valence-electron chi connectivity index (χ0n) is 11.2. The minimum atomic E-state index is -1.11. The number of carboxylic acid groups (broad SMARTS) is 1. The quantitative estimate of drug-likeness (QED) is 0.799. The molecule has 1 N–H and O–H groups in total. The maximum atomic E-state index is 11.7. The first kappa shape index (κ1) is 14.9. The summed E-state index contributed by atoms with van der Waals surface area (Å²) in [6, 6.07) is 7.67. The molecule has 0 amide bonds. The Bertz CT molecular complexity index is 622. The van der Waals surface area contributed by atoms with E-state index in [1.807, 2.05) is 38.1 Å². The van der Waals surface area contributed by atoms with E-state index in [4.69, 9.17) is 0 Å². The van der Waals surface area contributed by atoms with Crippen molar-refractivity contribution in [1.82, 2.24) is 20.2 Å². The van der Waals surface area contributed by atoms with E-state index >= 15 is 0 Å². The summed E-state index contributed by atoms with van der Waals surface area (Å²) < 4.78 is 2.48. The van der Waals surface area contributed by atoms with E-state index in [1.165, 1.54) is 4.68 Å². The molecule has 0 aliphatic carbocycles. The molecule has 0 bridgehead atoms.